The summed E-state index contributed by atoms with van der Waals surface area (Å²) in [6.07, 6.45) is 6.28. The van der Waals surface area contributed by atoms with E-state index >= 15 is 0 Å². The summed E-state index contributed by atoms with van der Waals surface area (Å²) in [7, 11) is -3.07. The topological polar surface area (TPSA) is 96.0 Å². The van der Waals surface area contributed by atoms with Gasteiger partial charge in [-0.3, -0.25) is 14.4 Å². The third-order valence-corrected chi connectivity index (χ3v) is 91.3. The van der Waals surface area contributed by atoms with E-state index in [-0.39, 0.29) is 23.7 Å². The van der Waals surface area contributed by atoms with Crippen LogP contribution >= 0.6 is 0 Å². The van der Waals surface area contributed by atoms with Gasteiger partial charge in [0.1, 0.15) is 5.60 Å². The van der Waals surface area contributed by atoms with Crippen molar-refractivity contribution in [3.05, 3.63) is 0 Å². The maximum atomic E-state index is 12.4. The molecule has 2 heterocycles. The summed E-state index contributed by atoms with van der Waals surface area (Å²) >= 11 is 0. The Morgan fingerprint density at radius 2 is 1.12 bits per heavy atom. The van der Waals surface area contributed by atoms with Gasteiger partial charge in [-0.15, -0.1) is 0 Å². The van der Waals surface area contributed by atoms with Crippen LogP contribution in [0.5, 0.6) is 0 Å². The minimum Gasteiger partial charge on any atom is -0.457 e. The Morgan fingerprint density at radius 3 is 1.42 bits per heavy atom. The Balaban J connectivity index is 0.000000214. The molecular formula is C46H88O7Si4. The van der Waals surface area contributed by atoms with E-state index in [1.54, 1.807) is 26.3 Å². The smallest absolute Gasteiger partial charge is 0.348 e. The van der Waals surface area contributed by atoms with Gasteiger partial charge in [-0.25, -0.2) is 4.79 Å². The summed E-state index contributed by atoms with van der Waals surface area (Å²) in [6, 6.07) is 1.64. The summed E-state index contributed by atoms with van der Waals surface area (Å²) in [5.74, 6) is 6.72. The fourth-order valence-corrected chi connectivity index (χ4v) is 113. The molecule has 0 aromatic heterocycles. The van der Waals surface area contributed by atoms with Gasteiger partial charge in [-0.2, -0.15) is 0 Å². The van der Waals surface area contributed by atoms with Crippen molar-refractivity contribution < 1.29 is 33.4 Å². The molecule has 14 unspecified atom stereocenters. The van der Waals surface area contributed by atoms with E-state index in [9.17, 15) is 19.2 Å². The zero-order chi connectivity index (χ0) is 44.0. The Morgan fingerprint density at radius 1 is 0.684 bits per heavy atom. The number of carbonyl (C=O) groups excluding carboxylic acids is 4. The second-order valence-corrected chi connectivity index (χ2v) is 65.2. The molecule has 0 spiro atoms. The molecule has 0 aromatic carbocycles. The number of fused-ring (bicyclic) bond motifs is 4. The van der Waals surface area contributed by atoms with Crippen LogP contribution in [0.1, 0.15) is 115 Å². The number of ether oxygens (including phenoxy) is 3. The zero-order valence-electron chi connectivity index (χ0n) is 40.4. The van der Waals surface area contributed by atoms with Crippen LogP contribution in [0.25, 0.3) is 0 Å². The van der Waals surface area contributed by atoms with Gasteiger partial charge >= 0.3 is 23.9 Å². The van der Waals surface area contributed by atoms with Crippen molar-refractivity contribution in [2.45, 2.75) is 191 Å². The van der Waals surface area contributed by atoms with Crippen LogP contribution in [0.15, 0.2) is 0 Å². The molecule has 0 aromatic rings. The van der Waals surface area contributed by atoms with Crippen LogP contribution in [-0.4, -0.2) is 65.0 Å². The molecule has 11 heteroatoms. The van der Waals surface area contributed by atoms with Gasteiger partial charge in [0.2, 0.25) is 6.10 Å². The third-order valence-electron chi connectivity index (χ3n) is 16.9. The van der Waals surface area contributed by atoms with E-state index < -0.39 is 59.0 Å². The molecule has 0 amide bonds. The molecule has 4 saturated carbocycles. The fourth-order valence-electron chi connectivity index (χ4n) is 13.4. The fraction of sp³-hybridized carbons (Fsp3) is 0.913. The van der Waals surface area contributed by atoms with Crippen molar-refractivity contribution in [3.8, 4) is 0 Å². The lowest BCUT2D eigenvalue weighted by molar-refractivity contribution is -0.166. The summed E-state index contributed by atoms with van der Waals surface area (Å²) in [4.78, 5) is 45.2. The average molecular weight is 866 g/mol. The predicted octanol–water partition coefficient (Wildman–Crippen LogP) is 11.6. The van der Waals surface area contributed by atoms with E-state index in [2.05, 4.69) is 112 Å². The van der Waals surface area contributed by atoms with E-state index in [0.29, 0.717) is 30.1 Å². The number of hydrogen-bond donors (Lipinski definition) is 0. The standard InChI is InChI=1S/C16H24O4.C14H38Si4.C10H18.C6H8O3/c1-8-9(2)11-5-10(8)6-12(11)14(17)19-13-7-16(3,4)20-15(13)18;1-12-14(2)13-18(15(3,4)5,16(6,7)8)17(9,10)11;1-6-4-9-5-10(6)8(3)7(9)2;1-3-4(2)6(8)9-5(3)7/h8-13H,5-7H2,1-4H3;14H,12-13H2,1-11H3;6-10H,4-5H2,1-3H3;3-4H,1-2H3. The average Bonchev–Trinajstić information content (AvgIpc) is 3.89. The van der Waals surface area contributed by atoms with Crippen LogP contribution in [-0.2, 0) is 33.4 Å². The summed E-state index contributed by atoms with van der Waals surface area (Å²) in [5, 5.41) is 0. The first kappa shape index (κ1) is 50.3. The van der Waals surface area contributed by atoms with Crippen LogP contribution in [0, 0.1) is 76.9 Å². The maximum absolute atomic E-state index is 12.4. The molecule has 2 saturated heterocycles. The molecule has 330 valence electrons. The van der Waals surface area contributed by atoms with E-state index in [1.165, 1.54) is 12.8 Å². The van der Waals surface area contributed by atoms with E-state index in [1.807, 2.05) is 13.8 Å². The van der Waals surface area contributed by atoms with Crippen LogP contribution in [0.2, 0.25) is 65.0 Å². The number of carbonyl (C=O) groups is 4. The number of esters is 4. The van der Waals surface area contributed by atoms with E-state index in [0.717, 1.165) is 48.3 Å². The molecule has 2 aliphatic heterocycles. The first-order valence-electron chi connectivity index (χ1n) is 23.0. The second kappa shape index (κ2) is 18.5. The van der Waals surface area contributed by atoms with Crippen molar-refractivity contribution in [1.82, 2.24) is 0 Å². The highest BCUT2D eigenvalue weighted by Gasteiger charge is 2.61. The van der Waals surface area contributed by atoms with Crippen molar-refractivity contribution in [1.29, 1.82) is 0 Å². The van der Waals surface area contributed by atoms with Crippen LogP contribution in [0.3, 0.4) is 0 Å². The highest BCUT2D eigenvalue weighted by molar-refractivity contribution is 7.89. The molecule has 4 bridgehead atoms. The Hall–Kier alpha value is -1.05. The number of cyclic esters (lactones) is 3. The van der Waals surface area contributed by atoms with E-state index in [4.69, 9.17) is 9.47 Å². The largest absolute Gasteiger partial charge is 0.457 e. The predicted molar refractivity (Wildman–Crippen MR) is 246 cm³/mol. The molecule has 4 aliphatic carbocycles. The lowest BCUT2D eigenvalue weighted by atomic mass is 9.76. The lowest BCUT2D eigenvalue weighted by Gasteiger charge is -2.58. The quantitative estimate of drug-likeness (QED) is 0.104. The number of rotatable bonds is 8. The van der Waals surface area contributed by atoms with Crippen molar-refractivity contribution in [2.75, 3.05) is 0 Å². The van der Waals surface area contributed by atoms with Crippen molar-refractivity contribution in [2.24, 2.45) is 76.9 Å². The molecule has 6 fully saturated rings. The molecular weight excluding hydrogens is 777 g/mol. The van der Waals surface area contributed by atoms with Gasteiger partial charge in [0.25, 0.3) is 0 Å². The molecule has 7 nitrogen and oxygen atoms in total. The molecule has 57 heavy (non-hydrogen) atoms. The van der Waals surface area contributed by atoms with Gasteiger partial charge in [-0.05, 0) is 98.7 Å². The summed E-state index contributed by atoms with van der Waals surface area (Å²) in [6.45, 7) is 47.1. The highest BCUT2D eigenvalue weighted by Crippen LogP contribution is 2.56. The summed E-state index contributed by atoms with van der Waals surface area (Å²) in [5.41, 5.74) is -0.515. The lowest BCUT2D eigenvalue weighted by Crippen LogP contribution is -2.82. The zero-order valence-corrected chi connectivity index (χ0v) is 44.4. The SMILES string of the molecule is CC1C(=O)OC(=O)C1C.CC1C2CC(C(=O)OC3CC(C)(C)OC3=O)C(C2)C1C.CC1CC2CC1C(C)C2C.CCC(C)C[Si]([Si](C)(C)C)([Si](C)(C)C)[Si](C)(C)C. The Bertz CT molecular complexity index is 1370. The van der Waals surface area contributed by atoms with Crippen molar-refractivity contribution in [3.63, 3.8) is 0 Å². The minimum absolute atomic E-state index is 0.0114. The maximum Gasteiger partial charge on any atom is 0.348 e. The van der Waals surface area contributed by atoms with Gasteiger partial charge < -0.3 is 14.2 Å². The van der Waals surface area contributed by atoms with Gasteiger partial charge in [-0.1, -0.05) is 134 Å². The summed E-state index contributed by atoms with van der Waals surface area (Å²) < 4.78 is 15.0. The first-order valence-corrected chi connectivity index (χ1v) is 38.7. The highest BCUT2D eigenvalue weighted by atomic mass is 29.9. The molecule has 0 radical (unpaired) electrons. The van der Waals surface area contributed by atoms with Gasteiger partial charge in [0, 0.05) is 35.8 Å². The van der Waals surface area contributed by atoms with Gasteiger partial charge in [0.15, 0.2) is 0 Å². The molecule has 6 rings (SSSR count). The van der Waals surface area contributed by atoms with Gasteiger partial charge in [0.05, 0.1) is 17.8 Å². The Kier molecular flexibility index (Phi) is 16.3. The number of hydrogen-bond acceptors (Lipinski definition) is 7. The second-order valence-electron chi connectivity index (χ2n) is 23.8. The monoisotopic (exact) mass is 865 g/mol. The van der Waals surface area contributed by atoms with Crippen LogP contribution < -0.4 is 0 Å². The van der Waals surface area contributed by atoms with Crippen molar-refractivity contribution >= 4 is 53.3 Å². The molecule has 0 N–H and O–H groups in total. The minimum atomic E-state index is -1.07. The molecule has 14 atom stereocenters. The Labute approximate surface area is 353 Å². The molecule has 6 aliphatic rings. The van der Waals surface area contributed by atoms with Crippen LogP contribution in [0.4, 0.5) is 0 Å². The normalized spacial score (nSPS) is 37.3. The first-order chi connectivity index (χ1) is 25.8. The third kappa shape index (κ3) is 10.9.